The molecule has 1 N–H and O–H groups in total. The number of nitrogens with one attached hydrogen (secondary N) is 1. The minimum absolute atomic E-state index is 0.0478. The van der Waals surface area contributed by atoms with E-state index < -0.39 is 0 Å². The second-order valence-corrected chi connectivity index (χ2v) is 4.68. The highest BCUT2D eigenvalue weighted by molar-refractivity contribution is 5.94. The molecule has 0 fully saturated rings. The number of hydrogen-bond acceptors (Lipinski definition) is 3. The monoisotopic (exact) mass is 272 g/mol. The van der Waals surface area contributed by atoms with E-state index in [2.05, 4.69) is 15.4 Å². The van der Waals surface area contributed by atoms with Gasteiger partial charge < -0.3 is 5.32 Å². The molecule has 2 aromatic rings. The van der Waals surface area contributed by atoms with E-state index in [9.17, 15) is 4.79 Å². The Bertz CT molecular complexity index is 563. The topological polar surface area (TPSA) is 59.8 Å². The maximum absolute atomic E-state index is 12.0. The van der Waals surface area contributed by atoms with Gasteiger partial charge in [-0.3, -0.25) is 14.5 Å². The Kier molecular flexibility index (Phi) is 4.87. The third-order valence-electron chi connectivity index (χ3n) is 3.30. The lowest BCUT2D eigenvalue weighted by molar-refractivity contribution is 0.0952. The van der Waals surface area contributed by atoms with Crippen LogP contribution in [-0.4, -0.2) is 27.2 Å². The molecule has 0 bridgehead atoms. The first-order valence-electron chi connectivity index (χ1n) is 6.92. The molecule has 0 aliphatic heterocycles. The molecule has 0 aromatic carbocycles. The van der Waals surface area contributed by atoms with Crippen LogP contribution in [0.2, 0.25) is 0 Å². The van der Waals surface area contributed by atoms with Crippen molar-refractivity contribution in [3.8, 4) is 0 Å². The molecular formula is C15H20N4O. The molecule has 2 rings (SSSR count). The van der Waals surface area contributed by atoms with Gasteiger partial charge in [0.25, 0.3) is 5.91 Å². The van der Waals surface area contributed by atoms with E-state index in [0.717, 1.165) is 25.1 Å². The summed E-state index contributed by atoms with van der Waals surface area (Å²) in [5, 5.41) is 7.11. The number of amides is 1. The smallest absolute Gasteiger partial charge is 0.254 e. The van der Waals surface area contributed by atoms with E-state index in [1.54, 1.807) is 12.4 Å². The van der Waals surface area contributed by atoms with Crippen molar-refractivity contribution < 1.29 is 4.79 Å². The van der Waals surface area contributed by atoms with Crippen molar-refractivity contribution in [2.45, 2.75) is 33.2 Å². The lowest BCUT2D eigenvalue weighted by Crippen LogP contribution is -2.25. The van der Waals surface area contributed by atoms with Crippen LogP contribution in [0.1, 0.15) is 35.0 Å². The van der Waals surface area contributed by atoms with Gasteiger partial charge in [0.15, 0.2) is 0 Å². The minimum Gasteiger partial charge on any atom is -0.352 e. The molecule has 5 heteroatoms. The highest BCUT2D eigenvalue weighted by atomic mass is 16.1. The van der Waals surface area contributed by atoms with Crippen LogP contribution in [0.25, 0.3) is 0 Å². The zero-order valence-corrected chi connectivity index (χ0v) is 12.0. The van der Waals surface area contributed by atoms with E-state index in [4.69, 9.17) is 0 Å². The highest BCUT2D eigenvalue weighted by Gasteiger charge is 2.12. The van der Waals surface area contributed by atoms with Gasteiger partial charge in [-0.05, 0) is 38.3 Å². The van der Waals surface area contributed by atoms with Crippen LogP contribution in [0.5, 0.6) is 0 Å². The second-order valence-electron chi connectivity index (χ2n) is 4.68. The lowest BCUT2D eigenvalue weighted by atomic mass is 10.1. The average Bonchev–Trinajstić information content (AvgIpc) is 2.85. The van der Waals surface area contributed by atoms with Crippen LogP contribution in [-0.2, 0) is 13.0 Å². The van der Waals surface area contributed by atoms with Crippen molar-refractivity contribution in [3.05, 3.63) is 47.5 Å². The zero-order chi connectivity index (χ0) is 14.4. The number of carbonyl (C=O) groups is 1. The Hall–Kier alpha value is -2.17. The van der Waals surface area contributed by atoms with E-state index in [0.29, 0.717) is 12.1 Å². The number of carbonyl (C=O) groups excluding carboxylic acids is 1. The SMILES string of the molecule is CCn1ncc(C(=O)NCCCc2cccnc2)c1C. The summed E-state index contributed by atoms with van der Waals surface area (Å²) in [5.74, 6) is -0.0478. The summed E-state index contributed by atoms with van der Waals surface area (Å²) in [4.78, 5) is 16.1. The van der Waals surface area contributed by atoms with Crippen LogP contribution in [0.3, 0.4) is 0 Å². The van der Waals surface area contributed by atoms with Gasteiger partial charge in [-0.15, -0.1) is 0 Å². The van der Waals surface area contributed by atoms with Gasteiger partial charge in [-0.2, -0.15) is 5.10 Å². The van der Waals surface area contributed by atoms with Crippen molar-refractivity contribution in [1.82, 2.24) is 20.1 Å². The Morgan fingerprint density at radius 1 is 1.40 bits per heavy atom. The molecule has 0 saturated carbocycles. The van der Waals surface area contributed by atoms with E-state index in [1.165, 1.54) is 5.56 Å². The summed E-state index contributed by atoms with van der Waals surface area (Å²) >= 11 is 0. The first-order valence-corrected chi connectivity index (χ1v) is 6.92. The molecule has 1 amide bonds. The van der Waals surface area contributed by atoms with Gasteiger partial charge in [0.05, 0.1) is 11.8 Å². The summed E-state index contributed by atoms with van der Waals surface area (Å²) < 4.78 is 1.82. The third kappa shape index (κ3) is 3.44. The summed E-state index contributed by atoms with van der Waals surface area (Å²) in [6.07, 6.45) is 7.08. The molecule has 20 heavy (non-hydrogen) atoms. The fourth-order valence-electron chi connectivity index (χ4n) is 2.12. The van der Waals surface area contributed by atoms with E-state index in [-0.39, 0.29) is 5.91 Å². The Balaban J connectivity index is 1.79. The largest absolute Gasteiger partial charge is 0.352 e. The molecule has 0 saturated heterocycles. The van der Waals surface area contributed by atoms with Crippen LogP contribution in [0.4, 0.5) is 0 Å². The summed E-state index contributed by atoms with van der Waals surface area (Å²) in [7, 11) is 0. The number of pyridine rings is 1. The van der Waals surface area contributed by atoms with Gasteiger partial charge in [0.1, 0.15) is 0 Å². The van der Waals surface area contributed by atoms with Crippen molar-refractivity contribution in [2.24, 2.45) is 0 Å². The Morgan fingerprint density at radius 2 is 2.25 bits per heavy atom. The Morgan fingerprint density at radius 3 is 2.90 bits per heavy atom. The zero-order valence-electron chi connectivity index (χ0n) is 12.0. The Labute approximate surface area is 119 Å². The maximum atomic E-state index is 12.0. The van der Waals surface area contributed by atoms with Gasteiger partial charge in [-0.25, -0.2) is 0 Å². The standard InChI is InChI=1S/C15H20N4O/c1-3-19-12(2)14(11-18-19)15(20)17-9-5-7-13-6-4-8-16-10-13/h4,6,8,10-11H,3,5,7,9H2,1-2H3,(H,17,20). The summed E-state index contributed by atoms with van der Waals surface area (Å²) in [5.41, 5.74) is 2.77. The fourth-order valence-corrected chi connectivity index (χ4v) is 2.12. The van der Waals surface area contributed by atoms with Crippen molar-refractivity contribution in [2.75, 3.05) is 6.54 Å². The molecule has 0 atom stereocenters. The van der Waals surface area contributed by atoms with Gasteiger partial charge >= 0.3 is 0 Å². The van der Waals surface area contributed by atoms with Crippen LogP contribution in [0, 0.1) is 6.92 Å². The van der Waals surface area contributed by atoms with Crippen LogP contribution < -0.4 is 5.32 Å². The molecule has 0 spiro atoms. The molecule has 2 aromatic heterocycles. The fraction of sp³-hybridized carbons (Fsp3) is 0.400. The number of aryl methyl sites for hydroxylation is 2. The molecule has 106 valence electrons. The lowest BCUT2D eigenvalue weighted by Gasteiger charge is -2.05. The number of rotatable bonds is 6. The third-order valence-corrected chi connectivity index (χ3v) is 3.30. The predicted molar refractivity (Wildman–Crippen MR) is 77.5 cm³/mol. The maximum Gasteiger partial charge on any atom is 0.254 e. The normalized spacial score (nSPS) is 10.5. The second kappa shape index (κ2) is 6.84. The molecule has 2 heterocycles. The van der Waals surface area contributed by atoms with Crippen LogP contribution in [0.15, 0.2) is 30.7 Å². The van der Waals surface area contributed by atoms with Gasteiger partial charge in [0.2, 0.25) is 0 Å². The first-order chi connectivity index (χ1) is 9.72. The first kappa shape index (κ1) is 14.2. The average molecular weight is 272 g/mol. The van der Waals surface area contributed by atoms with E-state index in [1.807, 2.05) is 36.9 Å². The molecular weight excluding hydrogens is 252 g/mol. The molecule has 5 nitrogen and oxygen atoms in total. The molecule has 0 unspecified atom stereocenters. The van der Waals surface area contributed by atoms with Crippen molar-refractivity contribution >= 4 is 5.91 Å². The molecule has 0 aliphatic rings. The summed E-state index contributed by atoms with van der Waals surface area (Å²) in [6.45, 7) is 5.36. The number of nitrogens with zero attached hydrogens (tertiary/aromatic N) is 3. The number of aromatic nitrogens is 3. The highest BCUT2D eigenvalue weighted by Crippen LogP contribution is 2.07. The van der Waals surface area contributed by atoms with Gasteiger partial charge in [0, 0.05) is 31.2 Å². The minimum atomic E-state index is -0.0478. The van der Waals surface area contributed by atoms with Crippen molar-refractivity contribution in [1.29, 1.82) is 0 Å². The number of hydrogen-bond donors (Lipinski definition) is 1. The predicted octanol–water partition coefficient (Wildman–Crippen LogP) is 1.97. The molecule has 0 aliphatic carbocycles. The van der Waals surface area contributed by atoms with E-state index >= 15 is 0 Å². The van der Waals surface area contributed by atoms with Crippen molar-refractivity contribution in [3.63, 3.8) is 0 Å². The van der Waals surface area contributed by atoms with Gasteiger partial charge in [-0.1, -0.05) is 6.07 Å². The van der Waals surface area contributed by atoms with Crippen LogP contribution >= 0.6 is 0 Å². The summed E-state index contributed by atoms with van der Waals surface area (Å²) in [6, 6.07) is 3.97. The molecule has 0 radical (unpaired) electrons. The quantitative estimate of drug-likeness (QED) is 0.818.